The van der Waals surface area contributed by atoms with Crippen molar-refractivity contribution in [2.24, 2.45) is 5.92 Å². The summed E-state index contributed by atoms with van der Waals surface area (Å²) in [4.78, 5) is 17.0. The van der Waals surface area contributed by atoms with Gasteiger partial charge >= 0.3 is 0 Å². The molecule has 0 N–H and O–H groups in total. The molecule has 0 aliphatic carbocycles. The maximum absolute atomic E-state index is 12.6. The van der Waals surface area contributed by atoms with Gasteiger partial charge in [-0.05, 0) is 29.3 Å². The van der Waals surface area contributed by atoms with Gasteiger partial charge in [-0.15, -0.1) is 0 Å². The number of amides is 1. The van der Waals surface area contributed by atoms with Gasteiger partial charge < -0.3 is 4.90 Å². The Morgan fingerprint density at radius 2 is 1.76 bits per heavy atom. The lowest BCUT2D eigenvalue weighted by Gasteiger charge is -2.43. The third-order valence-electron chi connectivity index (χ3n) is 5.30. The Hall–Kier alpha value is -1.55. The Bertz CT molecular complexity index is 778. The van der Waals surface area contributed by atoms with Gasteiger partial charge in [0, 0.05) is 48.2 Å². The normalized spacial score (nSPS) is 22.6. The molecule has 3 nitrogen and oxygen atoms in total. The van der Waals surface area contributed by atoms with Crippen molar-refractivity contribution in [3.8, 4) is 0 Å². The van der Waals surface area contributed by atoms with Crippen molar-refractivity contribution in [1.82, 2.24) is 9.80 Å². The molecule has 2 aromatic carbocycles. The van der Waals surface area contributed by atoms with Crippen LogP contribution < -0.4 is 0 Å². The Labute approximate surface area is 158 Å². The molecule has 130 valence electrons. The average Bonchev–Trinajstić information content (AvgIpc) is 2.93. The summed E-state index contributed by atoms with van der Waals surface area (Å²) >= 11 is 12.2. The number of carbonyl (C=O) groups excluding carboxylic acids is 1. The lowest BCUT2D eigenvalue weighted by Crippen LogP contribution is -2.54. The van der Waals surface area contributed by atoms with Gasteiger partial charge in [-0.1, -0.05) is 53.5 Å². The lowest BCUT2D eigenvalue weighted by atomic mass is 9.91. The predicted octanol–water partition coefficient (Wildman–Crippen LogP) is 3.88. The van der Waals surface area contributed by atoms with Crippen molar-refractivity contribution in [3.63, 3.8) is 0 Å². The number of likely N-dealkylation sites (tertiary alicyclic amines) is 2. The van der Waals surface area contributed by atoms with E-state index in [-0.39, 0.29) is 5.91 Å². The van der Waals surface area contributed by atoms with Crippen molar-refractivity contribution in [3.05, 3.63) is 69.7 Å². The monoisotopic (exact) mass is 374 g/mol. The molecule has 0 spiro atoms. The highest BCUT2D eigenvalue weighted by atomic mass is 35.5. The molecule has 0 aromatic heterocycles. The summed E-state index contributed by atoms with van der Waals surface area (Å²) < 4.78 is 0. The molecule has 1 amide bonds. The summed E-state index contributed by atoms with van der Waals surface area (Å²) in [5, 5.41) is 1.52. The molecule has 25 heavy (non-hydrogen) atoms. The number of benzene rings is 2. The van der Waals surface area contributed by atoms with Crippen molar-refractivity contribution in [1.29, 1.82) is 0 Å². The molecule has 2 heterocycles. The molecular weight excluding hydrogens is 355 g/mol. The van der Waals surface area contributed by atoms with Crippen LogP contribution in [0, 0.1) is 5.92 Å². The van der Waals surface area contributed by atoms with Crippen LogP contribution >= 0.6 is 23.2 Å². The number of rotatable bonds is 4. The van der Waals surface area contributed by atoms with Crippen molar-refractivity contribution < 1.29 is 4.79 Å². The maximum Gasteiger partial charge on any atom is 0.227 e. The fraction of sp³-hybridized carbons (Fsp3) is 0.350. The van der Waals surface area contributed by atoms with Crippen LogP contribution in [0.4, 0.5) is 0 Å². The lowest BCUT2D eigenvalue weighted by molar-refractivity contribution is -0.129. The number of halogens is 2. The molecule has 2 aliphatic rings. The topological polar surface area (TPSA) is 23.6 Å². The first-order valence-corrected chi connectivity index (χ1v) is 9.35. The van der Waals surface area contributed by atoms with Gasteiger partial charge in [-0.25, -0.2) is 0 Å². The van der Waals surface area contributed by atoms with E-state index in [1.165, 1.54) is 0 Å². The molecule has 2 aromatic rings. The molecule has 2 saturated heterocycles. The molecular formula is C20H20Cl2N2O. The molecule has 2 aliphatic heterocycles. The van der Waals surface area contributed by atoms with E-state index >= 15 is 0 Å². The largest absolute Gasteiger partial charge is 0.340 e. The van der Waals surface area contributed by atoms with Crippen molar-refractivity contribution in [2.75, 3.05) is 19.6 Å². The van der Waals surface area contributed by atoms with Crippen LogP contribution in [0.2, 0.25) is 10.0 Å². The third kappa shape index (κ3) is 3.55. The van der Waals surface area contributed by atoms with E-state index in [2.05, 4.69) is 11.0 Å². The second-order valence-corrected chi connectivity index (χ2v) is 7.79. The third-order valence-corrected chi connectivity index (χ3v) is 5.92. The molecule has 2 atom stereocenters. The minimum absolute atomic E-state index is 0.203. The quantitative estimate of drug-likeness (QED) is 0.810. The van der Waals surface area contributed by atoms with Crippen LogP contribution in [-0.4, -0.2) is 41.4 Å². The summed E-state index contributed by atoms with van der Waals surface area (Å²) in [6.45, 7) is 3.60. The molecule has 4 rings (SSSR count). The first-order chi connectivity index (χ1) is 12.1. The highest BCUT2D eigenvalue weighted by Crippen LogP contribution is 2.34. The molecule has 2 unspecified atom stereocenters. The molecule has 0 saturated carbocycles. The number of fused-ring (bicyclic) bond motifs is 1. The van der Waals surface area contributed by atoms with E-state index in [0.717, 1.165) is 42.3 Å². The van der Waals surface area contributed by atoms with Crippen molar-refractivity contribution in [2.45, 2.75) is 19.0 Å². The number of hydrogen-bond acceptors (Lipinski definition) is 2. The Morgan fingerprint density at radius 3 is 2.52 bits per heavy atom. The summed E-state index contributed by atoms with van der Waals surface area (Å²) in [6.07, 6.45) is 0.446. The SMILES string of the molecule is O=C(Cc1ccc(Cl)cc1)N1CC2CN(Cc3ccccc3Cl)C2C1. The van der Waals surface area contributed by atoms with Gasteiger partial charge in [-0.3, -0.25) is 9.69 Å². The van der Waals surface area contributed by atoms with Gasteiger partial charge in [0.05, 0.1) is 6.42 Å². The van der Waals surface area contributed by atoms with Crippen LogP contribution in [0.5, 0.6) is 0 Å². The summed E-state index contributed by atoms with van der Waals surface area (Å²) in [5.41, 5.74) is 2.18. The summed E-state index contributed by atoms with van der Waals surface area (Å²) in [5.74, 6) is 0.797. The molecule has 5 heteroatoms. The van der Waals surface area contributed by atoms with Gasteiger partial charge in [0.2, 0.25) is 5.91 Å². The van der Waals surface area contributed by atoms with Crippen LogP contribution in [0.25, 0.3) is 0 Å². The van der Waals surface area contributed by atoms with Gasteiger partial charge in [-0.2, -0.15) is 0 Å². The fourth-order valence-electron chi connectivity index (χ4n) is 3.87. The van der Waals surface area contributed by atoms with E-state index in [1.54, 1.807) is 0 Å². The second kappa shape index (κ2) is 6.99. The van der Waals surface area contributed by atoms with E-state index in [0.29, 0.717) is 23.4 Å². The van der Waals surface area contributed by atoms with E-state index in [4.69, 9.17) is 23.2 Å². The smallest absolute Gasteiger partial charge is 0.227 e. The van der Waals surface area contributed by atoms with Crippen LogP contribution in [0.15, 0.2) is 48.5 Å². The Balaban J connectivity index is 1.34. The zero-order chi connectivity index (χ0) is 17.4. The summed E-state index contributed by atoms with van der Waals surface area (Å²) in [7, 11) is 0. The van der Waals surface area contributed by atoms with Gasteiger partial charge in [0.25, 0.3) is 0 Å². The standard InChI is InChI=1S/C20H20Cl2N2O/c21-17-7-5-14(6-8-17)9-20(25)24-12-16-11-23(19(16)13-24)10-15-3-1-2-4-18(15)22/h1-8,16,19H,9-13H2. The van der Waals surface area contributed by atoms with Crippen LogP contribution in [0.1, 0.15) is 11.1 Å². The maximum atomic E-state index is 12.6. The van der Waals surface area contributed by atoms with Crippen LogP contribution in [0.3, 0.4) is 0 Å². The average molecular weight is 375 g/mol. The Kier molecular flexibility index (Phi) is 4.72. The molecule has 0 bridgehead atoms. The summed E-state index contributed by atoms with van der Waals surface area (Å²) in [6, 6.07) is 16.0. The van der Waals surface area contributed by atoms with E-state index in [9.17, 15) is 4.79 Å². The van der Waals surface area contributed by atoms with Crippen molar-refractivity contribution >= 4 is 29.1 Å². The highest BCUT2D eigenvalue weighted by molar-refractivity contribution is 6.31. The fourth-order valence-corrected chi connectivity index (χ4v) is 4.19. The predicted molar refractivity (Wildman–Crippen MR) is 101 cm³/mol. The van der Waals surface area contributed by atoms with Gasteiger partial charge in [0.1, 0.15) is 0 Å². The zero-order valence-corrected chi connectivity index (χ0v) is 15.4. The number of hydrogen-bond donors (Lipinski definition) is 0. The minimum atomic E-state index is 0.203. The molecule has 2 fully saturated rings. The number of carbonyl (C=O) groups is 1. The second-order valence-electron chi connectivity index (χ2n) is 6.95. The highest BCUT2D eigenvalue weighted by Gasteiger charge is 2.46. The first kappa shape index (κ1) is 16.9. The Morgan fingerprint density at radius 1 is 1.00 bits per heavy atom. The molecule has 0 radical (unpaired) electrons. The number of nitrogens with zero attached hydrogens (tertiary/aromatic N) is 2. The van der Waals surface area contributed by atoms with E-state index in [1.807, 2.05) is 47.4 Å². The first-order valence-electron chi connectivity index (χ1n) is 8.60. The zero-order valence-electron chi connectivity index (χ0n) is 13.9. The van der Waals surface area contributed by atoms with Gasteiger partial charge in [0.15, 0.2) is 0 Å². The van der Waals surface area contributed by atoms with E-state index < -0.39 is 0 Å². The van der Waals surface area contributed by atoms with Crippen LogP contribution in [-0.2, 0) is 17.8 Å². The minimum Gasteiger partial charge on any atom is -0.340 e.